The zero-order valence-electron chi connectivity index (χ0n) is 17.1. The van der Waals surface area contributed by atoms with E-state index < -0.39 is 30.1 Å². The van der Waals surface area contributed by atoms with Crippen molar-refractivity contribution in [3.8, 4) is 0 Å². The van der Waals surface area contributed by atoms with Crippen LogP contribution in [-0.2, 0) is 28.6 Å². The molecule has 30 heavy (non-hydrogen) atoms. The fraction of sp³-hybridized carbons (Fsp3) is 0.435. The van der Waals surface area contributed by atoms with Gasteiger partial charge in [-0.15, -0.1) is 0 Å². The van der Waals surface area contributed by atoms with Crippen LogP contribution in [0.1, 0.15) is 32.6 Å². The lowest BCUT2D eigenvalue weighted by atomic mass is 9.75. The number of carbonyl (C=O) groups excluding carboxylic acids is 2. The first-order chi connectivity index (χ1) is 14.4. The Morgan fingerprint density at radius 3 is 2.70 bits per heavy atom. The van der Waals surface area contributed by atoms with Crippen LogP contribution in [0.25, 0.3) is 0 Å². The molecule has 4 atom stereocenters. The number of aliphatic carboxylic acids is 1. The number of ether oxygens (including phenoxy) is 3. The summed E-state index contributed by atoms with van der Waals surface area (Å²) in [6.45, 7) is 1.86. The van der Waals surface area contributed by atoms with Gasteiger partial charge >= 0.3 is 11.9 Å². The summed E-state index contributed by atoms with van der Waals surface area (Å²) >= 11 is 0. The summed E-state index contributed by atoms with van der Waals surface area (Å²) in [7, 11) is 1.53. The first-order valence-electron chi connectivity index (χ1n) is 10.0. The van der Waals surface area contributed by atoms with Crippen molar-refractivity contribution in [2.75, 3.05) is 7.11 Å². The predicted molar refractivity (Wildman–Crippen MR) is 108 cm³/mol. The Balaban J connectivity index is 1.98. The summed E-state index contributed by atoms with van der Waals surface area (Å²) in [5, 5.41) is 8.61. The van der Waals surface area contributed by atoms with E-state index in [1.165, 1.54) is 13.2 Å². The van der Waals surface area contributed by atoms with Crippen LogP contribution < -0.4 is 0 Å². The number of hydrogen-bond donors (Lipinski definition) is 1. The topological polar surface area (TPSA) is 99.1 Å². The van der Waals surface area contributed by atoms with Crippen molar-refractivity contribution in [1.82, 2.24) is 0 Å². The van der Waals surface area contributed by atoms with E-state index in [2.05, 4.69) is 0 Å². The number of carboxylic acids is 1. The predicted octanol–water partition coefficient (Wildman–Crippen LogP) is 3.04. The van der Waals surface area contributed by atoms with Gasteiger partial charge in [0.05, 0.1) is 17.6 Å². The van der Waals surface area contributed by atoms with Crippen molar-refractivity contribution in [2.24, 2.45) is 5.92 Å². The fourth-order valence-corrected chi connectivity index (χ4v) is 4.00. The van der Waals surface area contributed by atoms with E-state index in [1.54, 1.807) is 24.3 Å². The van der Waals surface area contributed by atoms with Gasteiger partial charge in [0.15, 0.2) is 5.78 Å². The highest BCUT2D eigenvalue weighted by atomic mass is 16.6. The Bertz CT molecular complexity index is 859. The number of Topliss-reactive ketones (excluding diaryl/α,β-unsaturated/α-hetero) is 1. The molecule has 160 valence electrons. The third kappa shape index (κ3) is 4.79. The number of methoxy groups -OCH3 is 1. The van der Waals surface area contributed by atoms with E-state index in [9.17, 15) is 14.4 Å². The molecule has 4 unspecified atom stereocenters. The molecule has 2 aliphatic heterocycles. The number of allylic oxidation sites excluding steroid dienone is 6. The van der Waals surface area contributed by atoms with Crippen LogP contribution in [0, 0.1) is 5.92 Å². The fourth-order valence-electron chi connectivity index (χ4n) is 4.00. The van der Waals surface area contributed by atoms with Gasteiger partial charge in [-0.05, 0) is 32.3 Å². The SMILES string of the molecule is COC1CC(=O)/C2=C/CCCC(C)OC(=O)C3=C(/C=C/C=C/C=C/C(=O)O)OC1C32. The van der Waals surface area contributed by atoms with Crippen LogP contribution in [0.15, 0.2) is 59.4 Å². The Morgan fingerprint density at radius 2 is 1.97 bits per heavy atom. The number of cyclic esters (lactones) is 1. The molecule has 1 saturated carbocycles. The molecule has 0 amide bonds. The molecule has 0 saturated heterocycles. The molecule has 7 heteroatoms. The number of hydrogen-bond acceptors (Lipinski definition) is 6. The number of carboxylic acid groups (broad SMARTS) is 1. The second-order valence-electron chi connectivity index (χ2n) is 7.49. The van der Waals surface area contributed by atoms with Crippen LogP contribution >= 0.6 is 0 Å². The Hall–Kier alpha value is -2.93. The summed E-state index contributed by atoms with van der Waals surface area (Å²) in [5.41, 5.74) is 0.930. The lowest BCUT2D eigenvalue weighted by Gasteiger charge is -2.34. The second kappa shape index (κ2) is 9.71. The first kappa shape index (κ1) is 21.8. The standard InChI is InChI=1S/C23H26O7/c1-14-9-7-8-10-15-16(24)13-18(28-2)22-20(15)21(23(27)29-14)17(30-22)11-5-3-4-6-12-19(25)26/h3-6,10-12,14,18,20,22H,7-9,13H2,1-2H3,(H,25,26)/b4-3+,11-5+,12-6+,15-10-. The molecule has 0 radical (unpaired) electrons. The molecule has 0 aromatic carbocycles. The van der Waals surface area contributed by atoms with Crippen molar-refractivity contribution < 1.29 is 33.7 Å². The lowest BCUT2D eigenvalue weighted by Crippen LogP contribution is -2.44. The van der Waals surface area contributed by atoms with Crippen molar-refractivity contribution >= 4 is 17.7 Å². The van der Waals surface area contributed by atoms with Crippen LogP contribution in [0.4, 0.5) is 0 Å². The van der Waals surface area contributed by atoms with Gasteiger partial charge in [0, 0.05) is 25.2 Å². The van der Waals surface area contributed by atoms with Crippen LogP contribution in [0.5, 0.6) is 0 Å². The van der Waals surface area contributed by atoms with Crippen molar-refractivity contribution in [3.63, 3.8) is 0 Å². The maximum absolute atomic E-state index is 13.0. The molecule has 1 aliphatic carbocycles. The lowest BCUT2D eigenvalue weighted by molar-refractivity contribution is -0.144. The molecule has 0 bridgehead atoms. The molecule has 7 nitrogen and oxygen atoms in total. The quantitative estimate of drug-likeness (QED) is 0.419. The van der Waals surface area contributed by atoms with Gasteiger partial charge in [-0.3, -0.25) is 4.79 Å². The summed E-state index contributed by atoms with van der Waals surface area (Å²) in [6, 6.07) is 0. The average Bonchev–Trinajstić information content (AvgIpc) is 3.07. The number of esters is 1. The second-order valence-corrected chi connectivity index (χ2v) is 7.49. The van der Waals surface area contributed by atoms with Gasteiger partial charge in [0.1, 0.15) is 18.0 Å². The van der Waals surface area contributed by atoms with E-state index >= 15 is 0 Å². The number of rotatable bonds is 5. The van der Waals surface area contributed by atoms with Gasteiger partial charge in [-0.1, -0.05) is 30.4 Å². The van der Waals surface area contributed by atoms with E-state index in [4.69, 9.17) is 19.3 Å². The Morgan fingerprint density at radius 1 is 1.20 bits per heavy atom. The molecular weight excluding hydrogens is 388 g/mol. The van der Waals surface area contributed by atoms with Crippen molar-refractivity contribution in [1.29, 1.82) is 0 Å². The number of ketones is 1. The van der Waals surface area contributed by atoms with E-state index in [0.29, 0.717) is 16.9 Å². The highest BCUT2D eigenvalue weighted by Crippen LogP contribution is 2.45. The molecule has 2 heterocycles. The molecular formula is C23H26O7. The Kier molecular flexibility index (Phi) is 7.05. The van der Waals surface area contributed by atoms with Gasteiger partial charge in [0.2, 0.25) is 0 Å². The molecule has 0 aromatic rings. The maximum Gasteiger partial charge on any atom is 0.338 e. The highest BCUT2D eigenvalue weighted by Gasteiger charge is 2.51. The molecule has 3 rings (SSSR count). The maximum atomic E-state index is 13.0. The summed E-state index contributed by atoms with van der Waals surface area (Å²) in [5.74, 6) is -1.73. The van der Waals surface area contributed by atoms with Gasteiger partial charge in [0.25, 0.3) is 0 Å². The third-order valence-electron chi connectivity index (χ3n) is 5.41. The minimum atomic E-state index is -1.04. The minimum Gasteiger partial charge on any atom is -0.486 e. The Labute approximate surface area is 175 Å². The summed E-state index contributed by atoms with van der Waals surface area (Å²) in [4.78, 5) is 36.3. The summed E-state index contributed by atoms with van der Waals surface area (Å²) in [6.07, 6.45) is 12.1. The van der Waals surface area contributed by atoms with Gasteiger partial charge in [-0.25, -0.2) is 9.59 Å². The van der Waals surface area contributed by atoms with E-state index in [1.807, 2.05) is 13.0 Å². The smallest absolute Gasteiger partial charge is 0.338 e. The minimum absolute atomic E-state index is 0.0328. The third-order valence-corrected chi connectivity index (χ3v) is 5.41. The van der Waals surface area contributed by atoms with Crippen molar-refractivity contribution in [3.05, 3.63) is 59.4 Å². The number of carbonyl (C=O) groups is 3. The van der Waals surface area contributed by atoms with Crippen LogP contribution in [0.3, 0.4) is 0 Å². The van der Waals surface area contributed by atoms with Gasteiger partial charge in [-0.2, -0.15) is 0 Å². The molecule has 1 fully saturated rings. The van der Waals surface area contributed by atoms with Crippen LogP contribution in [-0.4, -0.2) is 48.3 Å². The molecule has 0 spiro atoms. The average molecular weight is 414 g/mol. The molecule has 3 aliphatic rings. The summed E-state index contributed by atoms with van der Waals surface area (Å²) < 4.78 is 17.2. The largest absolute Gasteiger partial charge is 0.486 e. The molecule has 1 N–H and O–H groups in total. The first-order valence-corrected chi connectivity index (χ1v) is 10.0. The van der Waals surface area contributed by atoms with E-state index in [0.717, 1.165) is 25.3 Å². The normalized spacial score (nSPS) is 31.6. The highest BCUT2D eigenvalue weighted by molar-refractivity contribution is 6.02. The zero-order valence-corrected chi connectivity index (χ0v) is 17.1. The molecule has 0 aromatic heterocycles. The van der Waals surface area contributed by atoms with Crippen LogP contribution in [0.2, 0.25) is 0 Å². The van der Waals surface area contributed by atoms with Gasteiger partial charge < -0.3 is 19.3 Å². The zero-order chi connectivity index (χ0) is 21.7. The monoisotopic (exact) mass is 414 g/mol. The van der Waals surface area contributed by atoms with Crippen molar-refractivity contribution in [2.45, 2.75) is 50.9 Å². The van der Waals surface area contributed by atoms with E-state index in [-0.39, 0.29) is 18.3 Å².